The molecular weight excluding hydrogens is 186 g/mol. The van der Waals surface area contributed by atoms with Crippen molar-refractivity contribution in [2.45, 2.75) is 32.2 Å². The van der Waals surface area contributed by atoms with Gasteiger partial charge in [-0.1, -0.05) is 25.8 Å². The molecule has 0 aromatic carbocycles. The fraction of sp³-hybridized carbons (Fsp3) is 0.500. The summed E-state index contributed by atoms with van der Waals surface area (Å²) in [6, 6.07) is 6.04. The van der Waals surface area contributed by atoms with Gasteiger partial charge in [-0.15, -0.1) is 0 Å². The average Bonchev–Trinajstić information content (AvgIpc) is 2.31. The fourth-order valence-corrected chi connectivity index (χ4v) is 1.33. The molecule has 15 heavy (non-hydrogen) atoms. The van der Waals surface area contributed by atoms with E-state index < -0.39 is 0 Å². The van der Waals surface area contributed by atoms with Crippen LogP contribution >= 0.6 is 0 Å². The molecule has 0 aliphatic carbocycles. The Morgan fingerprint density at radius 2 is 2.40 bits per heavy atom. The monoisotopic (exact) mass is 205 g/mol. The van der Waals surface area contributed by atoms with E-state index in [9.17, 15) is 0 Å². The number of aromatic nitrogens is 1. The van der Waals surface area contributed by atoms with Crippen molar-refractivity contribution >= 4 is 6.21 Å². The molecule has 0 radical (unpaired) electrons. The second-order valence-corrected chi connectivity index (χ2v) is 3.56. The molecule has 0 saturated heterocycles. The number of hydrogen-bond donors (Lipinski definition) is 1. The first-order chi connectivity index (χ1) is 7.36. The third-order valence-corrected chi connectivity index (χ3v) is 2.27. The van der Waals surface area contributed by atoms with E-state index in [0.29, 0.717) is 6.54 Å². The van der Waals surface area contributed by atoms with Gasteiger partial charge < -0.3 is 5.73 Å². The smallest absolute Gasteiger partial charge is 0.0807 e. The summed E-state index contributed by atoms with van der Waals surface area (Å²) < 4.78 is 0. The third kappa shape index (κ3) is 4.70. The molecule has 0 spiro atoms. The van der Waals surface area contributed by atoms with Crippen molar-refractivity contribution in [3.63, 3.8) is 0 Å². The maximum absolute atomic E-state index is 5.64. The number of nitrogens with zero attached hydrogens (tertiary/aromatic N) is 2. The van der Waals surface area contributed by atoms with Gasteiger partial charge in [0.25, 0.3) is 0 Å². The molecule has 1 aromatic rings. The van der Waals surface area contributed by atoms with Crippen molar-refractivity contribution < 1.29 is 0 Å². The average molecular weight is 205 g/mol. The Morgan fingerprint density at radius 3 is 3.00 bits per heavy atom. The standard InChI is InChI=1S/C12H19N3/c1-2-3-6-11(9-13)15-10-12-7-4-5-8-14-12/h4-5,7-8,10-11H,2-3,6,9,13H2,1H3. The number of aliphatic imine (C=N–C) groups is 1. The number of rotatable bonds is 6. The van der Waals surface area contributed by atoms with Crippen molar-refractivity contribution in [2.24, 2.45) is 10.7 Å². The van der Waals surface area contributed by atoms with E-state index >= 15 is 0 Å². The summed E-state index contributed by atoms with van der Waals surface area (Å²) >= 11 is 0. The maximum Gasteiger partial charge on any atom is 0.0807 e. The van der Waals surface area contributed by atoms with Crippen LogP contribution in [0.4, 0.5) is 0 Å². The van der Waals surface area contributed by atoms with Gasteiger partial charge in [0.05, 0.1) is 11.7 Å². The van der Waals surface area contributed by atoms with Crippen LogP contribution in [0.2, 0.25) is 0 Å². The Bertz CT molecular complexity index is 282. The van der Waals surface area contributed by atoms with E-state index in [0.717, 1.165) is 12.1 Å². The molecule has 0 bridgehead atoms. The molecule has 0 saturated carbocycles. The largest absolute Gasteiger partial charge is 0.328 e. The molecule has 1 rings (SSSR count). The van der Waals surface area contributed by atoms with Crippen LogP contribution in [0.25, 0.3) is 0 Å². The predicted octanol–water partition coefficient (Wildman–Crippen LogP) is 2.02. The van der Waals surface area contributed by atoms with Crippen LogP contribution in [0, 0.1) is 0 Å². The summed E-state index contributed by atoms with van der Waals surface area (Å²) in [5.41, 5.74) is 6.54. The molecule has 0 fully saturated rings. The second kappa shape index (κ2) is 7.12. The Hall–Kier alpha value is -1.22. The number of hydrogen-bond acceptors (Lipinski definition) is 3. The van der Waals surface area contributed by atoms with Gasteiger partial charge in [0.1, 0.15) is 0 Å². The normalized spacial score (nSPS) is 13.2. The molecule has 0 aliphatic rings. The van der Waals surface area contributed by atoms with E-state index in [2.05, 4.69) is 16.9 Å². The van der Waals surface area contributed by atoms with Gasteiger partial charge in [-0.05, 0) is 18.6 Å². The quantitative estimate of drug-likeness (QED) is 0.722. The van der Waals surface area contributed by atoms with Crippen LogP contribution in [0.1, 0.15) is 31.9 Å². The van der Waals surface area contributed by atoms with Gasteiger partial charge in [0.2, 0.25) is 0 Å². The van der Waals surface area contributed by atoms with E-state index in [-0.39, 0.29) is 6.04 Å². The molecule has 1 heterocycles. The Labute approximate surface area is 91.4 Å². The van der Waals surface area contributed by atoms with Gasteiger partial charge in [0, 0.05) is 19.0 Å². The second-order valence-electron chi connectivity index (χ2n) is 3.56. The SMILES string of the molecule is CCCCC(CN)N=Cc1ccccn1. The zero-order valence-corrected chi connectivity index (χ0v) is 9.26. The molecule has 1 unspecified atom stereocenters. The Kier molecular flexibility index (Phi) is 5.63. The van der Waals surface area contributed by atoms with Crippen molar-refractivity contribution in [2.75, 3.05) is 6.54 Å². The maximum atomic E-state index is 5.64. The number of nitrogens with two attached hydrogens (primary N) is 1. The summed E-state index contributed by atoms with van der Waals surface area (Å²) in [6.07, 6.45) is 7.02. The molecular formula is C12H19N3. The molecule has 3 heteroatoms. The first-order valence-electron chi connectivity index (χ1n) is 5.51. The molecule has 3 nitrogen and oxygen atoms in total. The summed E-state index contributed by atoms with van der Waals surface area (Å²) in [6.45, 7) is 2.79. The predicted molar refractivity (Wildman–Crippen MR) is 64.2 cm³/mol. The zero-order chi connectivity index (χ0) is 10.9. The van der Waals surface area contributed by atoms with E-state index in [1.54, 1.807) is 6.20 Å². The molecule has 0 aliphatic heterocycles. The third-order valence-electron chi connectivity index (χ3n) is 2.27. The van der Waals surface area contributed by atoms with Crippen LogP contribution < -0.4 is 5.73 Å². The molecule has 82 valence electrons. The van der Waals surface area contributed by atoms with Gasteiger partial charge in [-0.3, -0.25) is 9.98 Å². The van der Waals surface area contributed by atoms with Gasteiger partial charge in [0.15, 0.2) is 0 Å². The number of pyridine rings is 1. The van der Waals surface area contributed by atoms with E-state index in [1.807, 2.05) is 24.4 Å². The van der Waals surface area contributed by atoms with Crippen LogP contribution in [-0.2, 0) is 0 Å². The van der Waals surface area contributed by atoms with Crippen molar-refractivity contribution in [1.82, 2.24) is 4.98 Å². The summed E-state index contributed by atoms with van der Waals surface area (Å²) in [4.78, 5) is 8.61. The first-order valence-corrected chi connectivity index (χ1v) is 5.51. The number of unbranched alkanes of at least 4 members (excludes halogenated alkanes) is 1. The molecule has 1 aromatic heterocycles. The minimum absolute atomic E-state index is 0.243. The lowest BCUT2D eigenvalue weighted by Gasteiger charge is -2.07. The Balaban J connectivity index is 2.47. The minimum Gasteiger partial charge on any atom is -0.328 e. The summed E-state index contributed by atoms with van der Waals surface area (Å²) in [5, 5.41) is 0. The zero-order valence-electron chi connectivity index (χ0n) is 9.26. The first kappa shape index (κ1) is 11.9. The van der Waals surface area contributed by atoms with Crippen molar-refractivity contribution in [3.05, 3.63) is 30.1 Å². The van der Waals surface area contributed by atoms with Gasteiger partial charge in [-0.2, -0.15) is 0 Å². The lowest BCUT2D eigenvalue weighted by atomic mass is 10.1. The van der Waals surface area contributed by atoms with Crippen molar-refractivity contribution in [1.29, 1.82) is 0 Å². The van der Waals surface area contributed by atoms with E-state index in [4.69, 9.17) is 5.73 Å². The van der Waals surface area contributed by atoms with Crippen molar-refractivity contribution in [3.8, 4) is 0 Å². The van der Waals surface area contributed by atoms with Gasteiger partial charge >= 0.3 is 0 Å². The van der Waals surface area contributed by atoms with Crippen LogP contribution in [0.3, 0.4) is 0 Å². The lowest BCUT2D eigenvalue weighted by molar-refractivity contribution is 0.588. The minimum atomic E-state index is 0.243. The highest BCUT2D eigenvalue weighted by Gasteiger charge is 2.01. The Morgan fingerprint density at radius 1 is 1.53 bits per heavy atom. The van der Waals surface area contributed by atoms with Gasteiger partial charge in [-0.25, -0.2) is 0 Å². The molecule has 0 amide bonds. The van der Waals surface area contributed by atoms with Crippen LogP contribution in [0.5, 0.6) is 0 Å². The summed E-state index contributed by atoms with van der Waals surface area (Å²) in [5.74, 6) is 0. The van der Waals surface area contributed by atoms with E-state index in [1.165, 1.54) is 12.8 Å². The fourth-order valence-electron chi connectivity index (χ4n) is 1.33. The highest BCUT2D eigenvalue weighted by molar-refractivity contribution is 5.76. The van der Waals surface area contributed by atoms with Crippen LogP contribution in [-0.4, -0.2) is 23.8 Å². The lowest BCUT2D eigenvalue weighted by Crippen LogP contribution is -2.18. The molecule has 1 atom stereocenters. The highest BCUT2D eigenvalue weighted by atomic mass is 14.8. The molecule has 2 N–H and O–H groups in total. The summed E-state index contributed by atoms with van der Waals surface area (Å²) in [7, 11) is 0. The highest BCUT2D eigenvalue weighted by Crippen LogP contribution is 2.03. The van der Waals surface area contributed by atoms with Crippen LogP contribution in [0.15, 0.2) is 29.4 Å². The topological polar surface area (TPSA) is 51.3 Å².